The van der Waals surface area contributed by atoms with Gasteiger partial charge in [-0.2, -0.15) is 5.10 Å². The van der Waals surface area contributed by atoms with E-state index in [2.05, 4.69) is 20.3 Å². The van der Waals surface area contributed by atoms with Gasteiger partial charge < -0.3 is 9.73 Å². The van der Waals surface area contributed by atoms with Gasteiger partial charge in [-0.25, -0.2) is 9.78 Å². The molecule has 8 heteroatoms. The van der Waals surface area contributed by atoms with E-state index in [1.165, 1.54) is 6.42 Å². The molecule has 2 fully saturated rings. The third kappa shape index (κ3) is 2.29. The van der Waals surface area contributed by atoms with Crippen molar-refractivity contribution in [1.29, 1.82) is 0 Å². The minimum absolute atomic E-state index is 0.0401. The number of anilines is 1. The van der Waals surface area contributed by atoms with Crippen molar-refractivity contribution in [1.82, 2.24) is 25.0 Å². The van der Waals surface area contributed by atoms with Gasteiger partial charge in [-0.05, 0) is 12.8 Å². The summed E-state index contributed by atoms with van der Waals surface area (Å²) in [6.45, 7) is 4.03. The number of aryl methyl sites for hydroxylation is 2. The Morgan fingerprint density at radius 1 is 1.33 bits per heavy atom. The summed E-state index contributed by atoms with van der Waals surface area (Å²) in [5.41, 5.74) is 2.02. The van der Waals surface area contributed by atoms with Crippen molar-refractivity contribution < 1.29 is 9.21 Å². The number of urea groups is 1. The van der Waals surface area contributed by atoms with Crippen LogP contribution < -0.4 is 10.2 Å². The molecule has 2 saturated heterocycles. The molecule has 2 aromatic rings. The predicted molar refractivity (Wildman–Crippen MR) is 85.8 cm³/mol. The van der Waals surface area contributed by atoms with Crippen LogP contribution in [0.15, 0.2) is 16.8 Å². The molecule has 5 rings (SSSR count). The van der Waals surface area contributed by atoms with Gasteiger partial charge in [0, 0.05) is 38.8 Å². The van der Waals surface area contributed by atoms with Crippen molar-refractivity contribution in [2.75, 3.05) is 31.1 Å². The normalized spacial score (nSPS) is 21.2. The smallest absolute Gasteiger partial charge is 0.322 e. The lowest BCUT2D eigenvalue weighted by molar-refractivity contribution is 0.0810. The maximum atomic E-state index is 11.7. The Morgan fingerprint density at radius 2 is 2.25 bits per heavy atom. The van der Waals surface area contributed by atoms with Crippen LogP contribution in [0, 0.1) is 0 Å². The Labute approximate surface area is 139 Å². The third-order valence-corrected chi connectivity index (χ3v) is 5.07. The highest BCUT2D eigenvalue weighted by molar-refractivity contribution is 5.93. The monoisotopic (exact) mass is 328 g/mol. The van der Waals surface area contributed by atoms with E-state index < -0.39 is 0 Å². The Hall–Kier alpha value is -2.35. The molecule has 0 atom stereocenters. The van der Waals surface area contributed by atoms with Crippen molar-refractivity contribution in [3.05, 3.63) is 29.7 Å². The molecule has 24 heavy (non-hydrogen) atoms. The molecule has 8 nitrogen and oxygen atoms in total. The number of carbonyl (C=O) groups excluding carboxylic acids is 1. The highest BCUT2D eigenvalue weighted by atomic mass is 16.4. The third-order valence-electron chi connectivity index (χ3n) is 5.07. The maximum absolute atomic E-state index is 11.7. The van der Waals surface area contributed by atoms with Crippen molar-refractivity contribution >= 4 is 11.7 Å². The van der Waals surface area contributed by atoms with Gasteiger partial charge in [-0.15, -0.1) is 0 Å². The maximum Gasteiger partial charge on any atom is 0.322 e. The summed E-state index contributed by atoms with van der Waals surface area (Å²) in [4.78, 5) is 20.3. The van der Waals surface area contributed by atoms with Gasteiger partial charge in [0.25, 0.3) is 0 Å². The van der Waals surface area contributed by atoms with Crippen molar-refractivity contribution in [2.45, 2.75) is 31.8 Å². The summed E-state index contributed by atoms with van der Waals surface area (Å²) in [6.07, 6.45) is 7.00. The molecule has 0 bridgehead atoms. The zero-order valence-corrected chi connectivity index (χ0v) is 13.4. The quantitative estimate of drug-likeness (QED) is 0.904. The number of carbonyl (C=O) groups is 1. The molecule has 2 amide bonds. The van der Waals surface area contributed by atoms with Crippen molar-refractivity contribution in [3.63, 3.8) is 0 Å². The first-order valence-corrected chi connectivity index (χ1v) is 8.55. The zero-order chi connectivity index (χ0) is 16.1. The second kappa shape index (κ2) is 5.34. The molecule has 4 heterocycles. The lowest BCUT2D eigenvalue weighted by atomic mass is 10.1. The Balaban J connectivity index is 1.19. The van der Waals surface area contributed by atoms with E-state index in [0.717, 1.165) is 55.5 Å². The van der Waals surface area contributed by atoms with Crippen LogP contribution in [0.25, 0.3) is 0 Å². The molecule has 0 spiro atoms. The molecular weight excluding hydrogens is 308 g/mol. The fraction of sp³-hybridized carbons (Fsp3) is 0.562. The second-order valence-electron chi connectivity index (χ2n) is 6.74. The number of hydrogen-bond donors (Lipinski definition) is 1. The van der Waals surface area contributed by atoms with Gasteiger partial charge in [-0.1, -0.05) is 0 Å². The van der Waals surface area contributed by atoms with E-state index in [-0.39, 0.29) is 6.03 Å². The Morgan fingerprint density at radius 3 is 3.04 bits per heavy atom. The van der Waals surface area contributed by atoms with Crippen molar-refractivity contribution in [2.24, 2.45) is 0 Å². The molecule has 1 N–H and O–H groups in total. The summed E-state index contributed by atoms with van der Waals surface area (Å²) in [5, 5.41) is 7.24. The van der Waals surface area contributed by atoms with Gasteiger partial charge in [0.15, 0.2) is 0 Å². The summed E-state index contributed by atoms with van der Waals surface area (Å²) in [7, 11) is 0. The zero-order valence-electron chi connectivity index (χ0n) is 13.4. The van der Waals surface area contributed by atoms with E-state index >= 15 is 0 Å². The first-order chi connectivity index (χ1) is 11.8. The summed E-state index contributed by atoms with van der Waals surface area (Å²) < 4.78 is 7.80. The van der Waals surface area contributed by atoms with Gasteiger partial charge in [0.2, 0.25) is 5.89 Å². The molecule has 0 radical (unpaired) electrons. The average molecular weight is 328 g/mol. The number of nitrogens with one attached hydrogen (secondary N) is 1. The lowest BCUT2D eigenvalue weighted by Gasteiger charge is -2.38. The minimum Gasteiger partial charge on any atom is -0.444 e. The molecular formula is C16H20N6O2. The Bertz CT molecular complexity index is 754. The topological polar surface area (TPSA) is 79.4 Å². The molecule has 0 aromatic carbocycles. The summed E-state index contributed by atoms with van der Waals surface area (Å²) in [5.74, 6) is 1.93. The Kier molecular flexibility index (Phi) is 3.12. The van der Waals surface area contributed by atoms with E-state index in [1.54, 1.807) is 11.1 Å². The van der Waals surface area contributed by atoms with E-state index in [1.807, 2.05) is 10.9 Å². The first kappa shape index (κ1) is 14.0. The SMILES string of the molecule is O=C1NCCN1c1cnn(C2CN(Cc3nc4c(o3)CCC4)C2)c1. The van der Waals surface area contributed by atoms with Crippen LogP contribution in [-0.2, 0) is 19.4 Å². The molecule has 1 aliphatic carbocycles. The first-order valence-electron chi connectivity index (χ1n) is 8.55. The van der Waals surface area contributed by atoms with E-state index in [0.29, 0.717) is 19.1 Å². The molecule has 2 aliphatic heterocycles. The lowest BCUT2D eigenvalue weighted by Crippen LogP contribution is -2.47. The molecule has 0 saturated carbocycles. The minimum atomic E-state index is -0.0401. The summed E-state index contributed by atoms with van der Waals surface area (Å²) in [6, 6.07) is 0.313. The number of oxazole rings is 1. The van der Waals surface area contributed by atoms with Gasteiger partial charge in [0.1, 0.15) is 5.76 Å². The highest BCUT2D eigenvalue weighted by Gasteiger charge is 2.31. The number of rotatable bonds is 4. The number of likely N-dealkylation sites (tertiary alicyclic amines) is 1. The van der Waals surface area contributed by atoms with Crippen LogP contribution >= 0.6 is 0 Å². The van der Waals surface area contributed by atoms with Gasteiger partial charge in [0.05, 0.1) is 30.2 Å². The van der Waals surface area contributed by atoms with Crippen LogP contribution in [0.5, 0.6) is 0 Å². The average Bonchev–Trinajstić information content (AvgIpc) is 3.25. The number of hydrogen-bond acceptors (Lipinski definition) is 5. The molecule has 2 aromatic heterocycles. The number of fused-ring (bicyclic) bond motifs is 1. The van der Waals surface area contributed by atoms with Gasteiger partial charge >= 0.3 is 6.03 Å². The standard InChI is InChI=1S/C16H20N6O2/c23-16-17-4-5-21(16)11-6-18-22(9-11)12-7-20(8-12)10-15-19-13-2-1-3-14(13)24-15/h6,9,12H,1-5,7-8,10H2,(H,17,23). The molecule has 0 unspecified atom stereocenters. The van der Waals surface area contributed by atoms with Gasteiger partial charge in [-0.3, -0.25) is 14.5 Å². The highest BCUT2D eigenvalue weighted by Crippen LogP contribution is 2.27. The fourth-order valence-corrected chi connectivity index (χ4v) is 3.73. The largest absolute Gasteiger partial charge is 0.444 e. The predicted octanol–water partition coefficient (Wildman–Crippen LogP) is 0.946. The van der Waals surface area contributed by atoms with Crippen LogP contribution in [0.1, 0.15) is 29.8 Å². The van der Waals surface area contributed by atoms with Crippen LogP contribution in [0.2, 0.25) is 0 Å². The van der Waals surface area contributed by atoms with Crippen LogP contribution in [0.3, 0.4) is 0 Å². The molecule has 126 valence electrons. The van der Waals surface area contributed by atoms with E-state index in [9.17, 15) is 4.79 Å². The van der Waals surface area contributed by atoms with E-state index in [4.69, 9.17) is 4.42 Å². The van der Waals surface area contributed by atoms with Crippen molar-refractivity contribution in [3.8, 4) is 0 Å². The summed E-state index contributed by atoms with van der Waals surface area (Å²) >= 11 is 0. The van der Waals surface area contributed by atoms with Crippen LogP contribution in [0.4, 0.5) is 10.5 Å². The number of aromatic nitrogens is 3. The second-order valence-corrected chi connectivity index (χ2v) is 6.74. The number of nitrogens with zero attached hydrogens (tertiary/aromatic N) is 5. The van der Waals surface area contributed by atoms with Crippen LogP contribution in [-0.4, -0.2) is 51.9 Å². The fourth-order valence-electron chi connectivity index (χ4n) is 3.73. The molecule has 3 aliphatic rings. The number of amides is 2.